The standard InChI is InChI=1S/C24H48N2/c1-4-7-9-11-13-14-15-17-19-21-26-23-22-25(6-3)24(26)20-18-16-12-10-8-5-2/h19,21,24H,4-18,20,22-23H2,1-3H3. The maximum absolute atomic E-state index is 2.67. The molecule has 1 rings (SSSR count). The maximum atomic E-state index is 2.67. The van der Waals surface area contributed by atoms with Crippen LogP contribution in [0.2, 0.25) is 0 Å². The Balaban J connectivity index is 2.17. The SMILES string of the molecule is CCCCCCCCCC=CN1CCN(CC)C1CCCCCCCC. The van der Waals surface area contributed by atoms with Gasteiger partial charge in [-0.1, -0.05) is 104 Å². The summed E-state index contributed by atoms with van der Waals surface area (Å²) in [6, 6.07) is 0. The van der Waals surface area contributed by atoms with Gasteiger partial charge in [-0.05, 0) is 32.0 Å². The number of allylic oxidation sites excluding steroid dienone is 1. The Bertz CT molecular complexity index is 326. The van der Waals surface area contributed by atoms with Gasteiger partial charge in [-0.3, -0.25) is 4.90 Å². The van der Waals surface area contributed by atoms with Gasteiger partial charge in [0, 0.05) is 13.1 Å². The second-order valence-electron chi connectivity index (χ2n) is 8.20. The zero-order chi connectivity index (χ0) is 18.9. The first-order chi connectivity index (χ1) is 12.8. The lowest BCUT2D eigenvalue weighted by molar-refractivity contribution is 0.166. The molecule has 1 saturated heterocycles. The van der Waals surface area contributed by atoms with Crippen LogP contribution in [0.15, 0.2) is 12.3 Å². The fourth-order valence-electron chi connectivity index (χ4n) is 4.18. The lowest BCUT2D eigenvalue weighted by atomic mass is 10.1. The van der Waals surface area contributed by atoms with Crippen molar-refractivity contribution in [3.8, 4) is 0 Å². The summed E-state index contributed by atoms with van der Waals surface area (Å²) in [7, 11) is 0. The minimum Gasteiger partial charge on any atom is -0.361 e. The molecule has 0 saturated carbocycles. The molecule has 0 aromatic rings. The second kappa shape index (κ2) is 16.7. The van der Waals surface area contributed by atoms with Gasteiger partial charge in [0.25, 0.3) is 0 Å². The van der Waals surface area contributed by atoms with Crippen molar-refractivity contribution in [2.24, 2.45) is 0 Å². The summed E-state index contributed by atoms with van der Waals surface area (Å²) < 4.78 is 0. The third kappa shape index (κ3) is 10.6. The summed E-state index contributed by atoms with van der Waals surface area (Å²) in [6.07, 6.45) is 26.5. The minimum absolute atomic E-state index is 0.663. The second-order valence-corrected chi connectivity index (χ2v) is 8.20. The highest BCUT2D eigenvalue weighted by Crippen LogP contribution is 2.21. The molecule has 1 unspecified atom stereocenters. The van der Waals surface area contributed by atoms with E-state index in [4.69, 9.17) is 0 Å². The summed E-state index contributed by atoms with van der Waals surface area (Å²) in [5.74, 6) is 0. The van der Waals surface area contributed by atoms with Gasteiger partial charge in [0.15, 0.2) is 0 Å². The quantitative estimate of drug-likeness (QED) is 0.249. The number of unbranched alkanes of at least 4 members (excludes halogenated alkanes) is 12. The molecule has 2 heteroatoms. The summed E-state index contributed by atoms with van der Waals surface area (Å²) in [6.45, 7) is 10.6. The van der Waals surface area contributed by atoms with Crippen molar-refractivity contribution in [1.82, 2.24) is 9.80 Å². The third-order valence-electron chi connectivity index (χ3n) is 5.94. The van der Waals surface area contributed by atoms with Crippen molar-refractivity contribution in [2.45, 2.75) is 123 Å². The van der Waals surface area contributed by atoms with Crippen LogP contribution < -0.4 is 0 Å². The Kier molecular flexibility index (Phi) is 15.1. The van der Waals surface area contributed by atoms with Crippen LogP contribution in [0.4, 0.5) is 0 Å². The average molecular weight is 365 g/mol. The Hall–Kier alpha value is -0.500. The largest absolute Gasteiger partial charge is 0.361 e. The molecule has 1 aliphatic rings. The Morgan fingerprint density at radius 1 is 0.692 bits per heavy atom. The Morgan fingerprint density at radius 2 is 1.27 bits per heavy atom. The molecule has 0 spiro atoms. The van der Waals surface area contributed by atoms with Crippen LogP contribution in [0.3, 0.4) is 0 Å². The van der Waals surface area contributed by atoms with Crippen molar-refractivity contribution in [3.05, 3.63) is 12.3 Å². The summed E-state index contributed by atoms with van der Waals surface area (Å²) in [4.78, 5) is 5.29. The molecular formula is C24H48N2. The lowest BCUT2D eigenvalue weighted by Gasteiger charge is -2.28. The minimum atomic E-state index is 0.663. The number of hydrogen-bond donors (Lipinski definition) is 0. The first-order valence-electron chi connectivity index (χ1n) is 12.0. The zero-order valence-electron chi connectivity index (χ0n) is 18.4. The van der Waals surface area contributed by atoms with E-state index in [1.807, 2.05) is 0 Å². The fourth-order valence-corrected chi connectivity index (χ4v) is 4.18. The zero-order valence-corrected chi connectivity index (χ0v) is 18.4. The fraction of sp³-hybridized carbons (Fsp3) is 0.917. The highest BCUT2D eigenvalue weighted by atomic mass is 15.4. The van der Waals surface area contributed by atoms with E-state index in [9.17, 15) is 0 Å². The molecule has 26 heavy (non-hydrogen) atoms. The summed E-state index contributed by atoms with van der Waals surface area (Å²) in [5, 5.41) is 0. The van der Waals surface area contributed by atoms with Crippen LogP contribution in [0.1, 0.15) is 117 Å². The number of nitrogens with zero attached hydrogens (tertiary/aromatic N) is 2. The van der Waals surface area contributed by atoms with Gasteiger partial charge in [0.05, 0.1) is 6.17 Å². The Labute approximate surface area is 165 Å². The molecule has 1 heterocycles. The van der Waals surface area contributed by atoms with Gasteiger partial charge in [-0.15, -0.1) is 0 Å². The van der Waals surface area contributed by atoms with Crippen molar-refractivity contribution in [1.29, 1.82) is 0 Å². The van der Waals surface area contributed by atoms with Crippen molar-refractivity contribution in [2.75, 3.05) is 19.6 Å². The molecule has 1 atom stereocenters. The smallest absolute Gasteiger partial charge is 0.0816 e. The monoisotopic (exact) mass is 364 g/mol. The topological polar surface area (TPSA) is 6.48 Å². The molecule has 2 nitrogen and oxygen atoms in total. The van der Waals surface area contributed by atoms with Gasteiger partial charge in [0.2, 0.25) is 0 Å². The predicted octanol–water partition coefficient (Wildman–Crippen LogP) is 7.36. The van der Waals surface area contributed by atoms with E-state index in [-0.39, 0.29) is 0 Å². The van der Waals surface area contributed by atoms with E-state index < -0.39 is 0 Å². The molecule has 0 aromatic carbocycles. The van der Waals surface area contributed by atoms with Crippen LogP contribution >= 0.6 is 0 Å². The van der Waals surface area contributed by atoms with Crippen LogP contribution in [0, 0.1) is 0 Å². The van der Waals surface area contributed by atoms with Crippen molar-refractivity contribution >= 4 is 0 Å². The van der Waals surface area contributed by atoms with Crippen LogP contribution in [-0.4, -0.2) is 35.6 Å². The Morgan fingerprint density at radius 3 is 1.88 bits per heavy atom. The van der Waals surface area contributed by atoms with Crippen LogP contribution in [0.5, 0.6) is 0 Å². The van der Waals surface area contributed by atoms with E-state index in [0.29, 0.717) is 6.17 Å². The molecule has 0 radical (unpaired) electrons. The van der Waals surface area contributed by atoms with Gasteiger partial charge in [-0.2, -0.15) is 0 Å². The average Bonchev–Trinajstić information content (AvgIpc) is 3.05. The number of likely N-dealkylation sites (N-methyl/N-ethyl adjacent to an activating group) is 1. The molecule has 0 aliphatic carbocycles. The van der Waals surface area contributed by atoms with E-state index in [2.05, 4.69) is 42.8 Å². The van der Waals surface area contributed by atoms with Gasteiger partial charge >= 0.3 is 0 Å². The van der Waals surface area contributed by atoms with Gasteiger partial charge in [-0.25, -0.2) is 0 Å². The van der Waals surface area contributed by atoms with E-state index in [1.165, 1.54) is 116 Å². The van der Waals surface area contributed by atoms with Crippen LogP contribution in [0.25, 0.3) is 0 Å². The number of rotatable bonds is 17. The van der Waals surface area contributed by atoms with E-state index in [0.717, 1.165) is 0 Å². The summed E-state index contributed by atoms with van der Waals surface area (Å²) >= 11 is 0. The molecular weight excluding hydrogens is 316 g/mol. The normalized spacial score (nSPS) is 18.4. The van der Waals surface area contributed by atoms with Crippen molar-refractivity contribution < 1.29 is 0 Å². The highest BCUT2D eigenvalue weighted by Gasteiger charge is 2.27. The van der Waals surface area contributed by atoms with E-state index >= 15 is 0 Å². The first-order valence-corrected chi connectivity index (χ1v) is 12.0. The van der Waals surface area contributed by atoms with E-state index in [1.54, 1.807) is 0 Å². The molecule has 154 valence electrons. The molecule has 0 N–H and O–H groups in total. The first kappa shape index (κ1) is 23.5. The van der Waals surface area contributed by atoms with Gasteiger partial charge < -0.3 is 4.90 Å². The third-order valence-corrected chi connectivity index (χ3v) is 5.94. The molecule has 0 aromatic heterocycles. The predicted molar refractivity (Wildman–Crippen MR) is 117 cm³/mol. The highest BCUT2D eigenvalue weighted by molar-refractivity contribution is 4.91. The van der Waals surface area contributed by atoms with Crippen LogP contribution in [-0.2, 0) is 0 Å². The lowest BCUT2D eigenvalue weighted by Crippen LogP contribution is -2.36. The molecule has 1 fully saturated rings. The summed E-state index contributed by atoms with van der Waals surface area (Å²) in [5.41, 5.74) is 0. The molecule has 0 bridgehead atoms. The number of hydrogen-bond acceptors (Lipinski definition) is 2. The molecule has 0 amide bonds. The van der Waals surface area contributed by atoms with Gasteiger partial charge in [0.1, 0.15) is 0 Å². The molecule has 1 aliphatic heterocycles. The maximum Gasteiger partial charge on any atom is 0.0816 e. The van der Waals surface area contributed by atoms with Crippen molar-refractivity contribution in [3.63, 3.8) is 0 Å².